The van der Waals surface area contributed by atoms with Crippen LogP contribution in [-0.2, 0) is 6.61 Å². The van der Waals surface area contributed by atoms with E-state index in [1.165, 1.54) is 12.1 Å². The first-order valence-electron chi connectivity index (χ1n) is 5.67. The Kier molecular flexibility index (Phi) is 4.69. The molecule has 21 heavy (non-hydrogen) atoms. The fourth-order valence-corrected chi connectivity index (χ4v) is 1.91. The van der Waals surface area contributed by atoms with Crippen LogP contribution in [0.5, 0.6) is 17.4 Å². The fraction of sp³-hybridized carbons (Fsp3) is 0.154. The molecule has 0 saturated carbocycles. The normalized spacial score (nSPS) is 11.3. The first kappa shape index (κ1) is 15.6. The molecule has 0 radical (unpaired) electrons. The molecule has 1 aromatic carbocycles. The van der Waals surface area contributed by atoms with Crippen molar-refractivity contribution >= 4 is 15.9 Å². The molecule has 1 N–H and O–H groups in total. The van der Waals surface area contributed by atoms with Gasteiger partial charge in [-0.15, -0.1) is 13.2 Å². The van der Waals surface area contributed by atoms with E-state index in [2.05, 4.69) is 25.7 Å². The molecule has 0 spiro atoms. The molecular weight excluding hydrogens is 355 g/mol. The SMILES string of the molecule is OCc1cccc(Oc2ccc(OC(F)(F)F)c(Br)c2)n1. The van der Waals surface area contributed by atoms with Crippen LogP contribution in [0.15, 0.2) is 40.9 Å². The molecule has 2 rings (SSSR count). The summed E-state index contributed by atoms with van der Waals surface area (Å²) in [6.07, 6.45) is -4.76. The molecule has 0 atom stereocenters. The topological polar surface area (TPSA) is 51.6 Å². The highest BCUT2D eigenvalue weighted by atomic mass is 79.9. The number of rotatable bonds is 4. The largest absolute Gasteiger partial charge is 0.573 e. The van der Waals surface area contributed by atoms with Gasteiger partial charge in [-0.3, -0.25) is 0 Å². The number of aliphatic hydroxyl groups is 1. The Balaban J connectivity index is 2.16. The number of hydrogen-bond donors (Lipinski definition) is 1. The van der Waals surface area contributed by atoms with Gasteiger partial charge in [-0.2, -0.15) is 0 Å². The van der Waals surface area contributed by atoms with Crippen molar-refractivity contribution in [3.05, 3.63) is 46.6 Å². The summed E-state index contributed by atoms with van der Waals surface area (Å²) in [5, 5.41) is 8.97. The van der Waals surface area contributed by atoms with Gasteiger partial charge >= 0.3 is 6.36 Å². The second-order valence-electron chi connectivity index (χ2n) is 3.87. The second-order valence-corrected chi connectivity index (χ2v) is 4.72. The van der Waals surface area contributed by atoms with Gasteiger partial charge in [-0.1, -0.05) is 6.07 Å². The van der Waals surface area contributed by atoms with Gasteiger partial charge in [0.2, 0.25) is 5.88 Å². The van der Waals surface area contributed by atoms with Crippen molar-refractivity contribution in [1.82, 2.24) is 4.98 Å². The van der Waals surface area contributed by atoms with Crippen molar-refractivity contribution in [3.63, 3.8) is 0 Å². The number of halogens is 4. The van der Waals surface area contributed by atoms with Crippen molar-refractivity contribution in [1.29, 1.82) is 0 Å². The van der Waals surface area contributed by atoms with E-state index in [1.54, 1.807) is 18.2 Å². The van der Waals surface area contributed by atoms with Crippen molar-refractivity contribution in [2.45, 2.75) is 13.0 Å². The third-order valence-electron chi connectivity index (χ3n) is 2.29. The number of pyridine rings is 1. The van der Waals surface area contributed by atoms with Gasteiger partial charge in [0.25, 0.3) is 0 Å². The van der Waals surface area contributed by atoms with E-state index in [-0.39, 0.29) is 28.5 Å². The van der Waals surface area contributed by atoms with Crippen molar-refractivity contribution in [2.24, 2.45) is 0 Å². The molecule has 112 valence electrons. The maximum Gasteiger partial charge on any atom is 0.573 e. The van der Waals surface area contributed by atoms with E-state index in [0.29, 0.717) is 5.69 Å². The Morgan fingerprint density at radius 3 is 2.57 bits per heavy atom. The molecule has 0 unspecified atom stereocenters. The summed E-state index contributed by atoms with van der Waals surface area (Å²) in [7, 11) is 0. The highest BCUT2D eigenvalue weighted by Gasteiger charge is 2.32. The first-order valence-corrected chi connectivity index (χ1v) is 6.46. The fourth-order valence-electron chi connectivity index (χ4n) is 1.48. The minimum atomic E-state index is -4.76. The molecule has 0 bridgehead atoms. The molecule has 0 amide bonds. The van der Waals surface area contributed by atoms with Gasteiger partial charge in [-0.05, 0) is 40.2 Å². The lowest BCUT2D eigenvalue weighted by Gasteiger charge is -2.12. The van der Waals surface area contributed by atoms with Crippen molar-refractivity contribution < 1.29 is 27.8 Å². The minimum absolute atomic E-state index is 0.0932. The number of aliphatic hydroxyl groups excluding tert-OH is 1. The summed E-state index contributed by atoms with van der Waals surface area (Å²) in [4.78, 5) is 4.00. The molecule has 0 aliphatic heterocycles. The number of nitrogens with zero attached hydrogens (tertiary/aromatic N) is 1. The Labute approximate surface area is 126 Å². The van der Waals surface area contributed by atoms with E-state index in [4.69, 9.17) is 9.84 Å². The average Bonchev–Trinajstić information content (AvgIpc) is 2.41. The van der Waals surface area contributed by atoms with Gasteiger partial charge in [0.1, 0.15) is 11.5 Å². The quantitative estimate of drug-likeness (QED) is 0.890. The minimum Gasteiger partial charge on any atom is -0.439 e. The van der Waals surface area contributed by atoms with Gasteiger partial charge < -0.3 is 14.6 Å². The molecule has 0 fully saturated rings. The zero-order valence-corrected chi connectivity index (χ0v) is 12.0. The van der Waals surface area contributed by atoms with Crippen LogP contribution in [-0.4, -0.2) is 16.5 Å². The van der Waals surface area contributed by atoms with Gasteiger partial charge in [-0.25, -0.2) is 4.98 Å². The lowest BCUT2D eigenvalue weighted by atomic mass is 10.3. The Hall–Kier alpha value is -1.80. The van der Waals surface area contributed by atoms with Gasteiger partial charge in [0, 0.05) is 6.07 Å². The number of hydrogen-bond acceptors (Lipinski definition) is 4. The monoisotopic (exact) mass is 363 g/mol. The molecule has 2 aromatic rings. The van der Waals surface area contributed by atoms with Crippen LogP contribution in [0.1, 0.15) is 5.69 Å². The van der Waals surface area contributed by atoms with E-state index in [1.807, 2.05) is 0 Å². The van der Waals surface area contributed by atoms with Crippen LogP contribution in [0.25, 0.3) is 0 Å². The van der Waals surface area contributed by atoms with E-state index < -0.39 is 6.36 Å². The molecule has 0 saturated heterocycles. The van der Waals surface area contributed by atoms with Gasteiger partial charge in [0.05, 0.1) is 16.8 Å². The first-order chi connectivity index (χ1) is 9.87. The molecule has 0 aliphatic rings. The standard InChI is InChI=1S/C13H9BrF3NO3/c14-10-6-9(4-5-11(10)21-13(15,16)17)20-12-3-1-2-8(7-19)18-12/h1-6,19H,7H2. The molecule has 1 aromatic heterocycles. The van der Waals surface area contributed by atoms with Gasteiger partial charge in [0.15, 0.2) is 0 Å². The summed E-state index contributed by atoms with van der Waals surface area (Å²) in [6.45, 7) is -0.237. The maximum absolute atomic E-state index is 12.1. The van der Waals surface area contributed by atoms with Crippen LogP contribution in [0.2, 0.25) is 0 Å². The van der Waals surface area contributed by atoms with Crippen LogP contribution >= 0.6 is 15.9 Å². The number of aromatic nitrogens is 1. The molecular formula is C13H9BrF3NO3. The summed E-state index contributed by atoms with van der Waals surface area (Å²) >= 11 is 2.98. The third-order valence-corrected chi connectivity index (χ3v) is 2.91. The van der Waals surface area contributed by atoms with Crippen LogP contribution in [0.3, 0.4) is 0 Å². The third kappa shape index (κ3) is 4.61. The summed E-state index contributed by atoms with van der Waals surface area (Å²) in [5.74, 6) is 0.129. The lowest BCUT2D eigenvalue weighted by Crippen LogP contribution is -2.17. The molecule has 8 heteroatoms. The zero-order valence-electron chi connectivity index (χ0n) is 10.4. The van der Waals surface area contributed by atoms with Crippen LogP contribution in [0, 0.1) is 0 Å². The Morgan fingerprint density at radius 2 is 1.95 bits per heavy atom. The Morgan fingerprint density at radius 1 is 1.19 bits per heavy atom. The smallest absolute Gasteiger partial charge is 0.439 e. The molecule has 0 aliphatic carbocycles. The van der Waals surface area contributed by atoms with Crippen LogP contribution in [0.4, 0.5) is 13.2 Å². The predicted molar refractivity (Wildman–Crippen MR) is 71.1 cm³/mol. The summed E-state index contributed by atoms with van der Waals surface area (Å²) < 4.78 is 45.7. The predicted octanol–water partition coefficient (Wildman–Crippen LogP) is 4.03. The number of benzene rings is 1. The lowest BCUT2D eigenvalue weighted by molar-refractivity contribution is -0.274. The maximum atomic E-state index is 12.1. The highest BCUT2D eigenvalue weighted by molar-refractivity contribution is 9.10. The van der Waals surface area contributed by atoms with E-state index >= 15 is 0 Å². The van der Waals surface area contributed by atoms with E-state index in [0.717, 1.165) is 6.07 Å². The number of alkyl halides is 3. The average molecular weight is 364 g/mol. The Bertz CT molecular complexity index is 634. The molecule has 1 heterocycles. The van der Waals surface area contributed by atoms with Crippen LogP contribution < -0.4 is 9.47 Å². The van der Waals surface area contributed by atoms with Crippen molar-refractivity contribution in [3.8, 4) is 17.4 Å². The summed E-state index contributed by atoms with van der Waals surface area (Å²) in [6, 6.07) is 8.59. The second kappa shape index (κ2) is 6.31. The van der Waals surface area contributed by atoms with E-state index in [9.17, 15) is 13.2 Å². The number of ether oxygens (including phenoxy) is 2. The highest BCUT2D eigenvalue weighted by Crippen LogP contribution is 2.34. The van der Waals surface area contributed by atoms with Crippen molar-refractivity contribution in [2.75, 3.05) is 0 Å². The zero-order chi connectivity index (χ0) is 15.5. The molecule has 4 nitrogen and oxygen atoms in total. The summed E-state index contributed by atoms with van der Waals surface area (Å²) in [5.41, 5.74) is 0.420.